The zero-order valence-electron chi connectivity index (χ0n) is 9.28. The number of nitrogens with zero attached hydrogens (tertiary/aromatic N) is 2. The molecule has 0 rings (SSSR count). The maximum Gasteiger partial charge on any atom is 0.239 e. The molecule has 0 aromatic rings. The second-order valence-electron chi connectivity index (χ2n) is 3.44. The number of carbonyl (C=O) groups excluding carboxylic acids is 1. The monoisotopic (exact) mass is 217 g/mol. The molecule has 1 unspecified atom stereocenters. The van der Waals surface area contributed by atoms with E-state index in [1.807, 2.05) is 18.7 Å². The van der Waals surface area contributed by atoms with Crippen molar-refractivity contribution >= 4 is 23.1 Å². The molecule has 1 amide bonds. The third kappa shape index (κ3) is 4.02. The van der Waals surface area contributed by atoms with Crippen molar-refractivity contribution in [2.45, 2.75) is 19.9 Å². The molecule has 0 saturated heterocycles. The van der Waals surface area contributed by atoms with Crippen LogP contribution >= 0.6 is 12.2 Å². The molecule has 82 valence electrons. The van der Waals surface area contributed by atoms with E-state index in [-0.39, 0.29) is 11.9 Å². The lowest BCUT2D eigenvalue weighted by Crippen LogP contribution is -2.47. The van der Waals surface area contributed by atoms with Crippen molar-refractivity contribution < 1.29 is 4.79 Å². The number of amides is 1. The summed E-state index contributed by atoms with van der Waals surface area (Å²) in [5.41, 5.74) is 5.45. The second kappa shape index (κ2) is 5.93. The predicted octanol–water partition coefficient (Wildman–Crippen LogP) is 0.0711. The molecule has 0 aliphatic rings. The zero-order valence-corrected chi connectivity index (χ0v) is 10.1. The highest BCUT2D eigenvalue weighted by Gasteiger charge is 2.21. The van der Waals surface area contributed by atoms with Gasteiger partial charge in [-0.25, -0.2) is 0 Å². The third-order valence-corrected chi connectivity index (χ3v) is 2.24. The first kappa shape index (κ1) is 13.3. The number of likely N-dealkylation sites (N-methyl/N-ethyl adjacent to an activating group) is 2. The van der Waals surface area contributed by atoms with Crippen molar-refractivity contribution in [3.8, 4) is 0 Å². The van der Waals surface area contributed by atoms with Gasteiger partial charge in [0.05, 0.1) is 11.0 Å². The van der Waals surface area contributed by atoms with E-state index in [9.17, 15) is 4.79 Å². The van der Waals surface area contributed by atoms with Crippen molar-refractivity contribution in [1.82, 2.24) is 9.80 Å². The van der Waals surface area contributed by atoms with Crippen molar-refractivity contribution in [3.05, 3.63) is 0 Å². The molecule has 0 spiro atoms. The van der Waals surface area contributed by atoms with Gasteiger partial charge in [0, 0.05) is 20.6 Å². The van der Waals surface area contributed by atoms with Crippen LogP contribution < -0.4 is 5.73 Å². The van der Waals surface area contributed by atoms with Crippen LogP contribution in [0, 0.1) is 0 Å². The smallest absolute Gasteiger partial charge is 0.239 e. The molecular formula is C9H19N3OS. The topological polar surface area (TPSA) is 49.6 Å². The molecule has 5 heteroatoms. The van der Waals surface area contributed by atoms with Gasteiger partial charge in [-0.15, -0.1) is 0 Å². The minimum absolute atomic E-state index is 0.0723. The number of thiocarbonyl (C=S) groups is 1. The fourth-order valence-corrected chi connectivity index (χ4v) is 1.42. The number of hydrogen-bond acceptors (Lipinski definition) is 3. The fraction of sp³-hybridized carbons (Fsp3) is 0.778. The number of carbonyl (C=O) groups is 1. The fourth-order valence-electron chi connectivity index (χ4n) is 1.25. The van der Waals surface area contributed by atoms with Crippen molar-refractivity contribution in [1.29, 1.82) is 0 Å². The molecule has 0 aromatic heterocycles. The van der Waals surface area contributed by atoms with E-state index in [1.54, 1.807) is 19.0 Å². The Morgan fingerprint density at radius 2 is 2.00 bits per heavy atom. The Hall–Kier alpha value is -0.680. The Kier molecular flexibility index (Phi) is 5.64. The van der Waals surface area contributed by atoms with E-state index in [4.69, 9.17) is 18.0 Å². The summed E-state index contributed by atoms with van der Waals surface area (Å²) in [6.07, 6.45) is 0. The van der Waals surface area contributed by atoms with Crippen molar-refractivity contribution in [2.75, 3.05) is 27.2 Å². The van der Waals surface area contributed by atoms with Crippen LogP contribution in [0.1, 0.15) is 13.8 Å². The molecule has 14 heavy (non-hydrogen) atoms. The van der Waals surface area contributed by atoms with Gasteiger partial charge in [0.1, 0.15) is 0 Å². The first-order valence-corrected chi connectivity index (χ1v) is 5.04. The highest BCUT2D eigenvalue weighted by Crippen LogP contribution is 2.01. The molecule has 1 atom stereocenters. The summed E-state index contributed by atoms with van der Waals surface area (Å²) in [7, 11) is 3.49. The van der Waals surface area contributed by atoms with Crippen LogP contribution in [0.4, 0.5) is 0 Å². The Labute approximate surface area is 91.0 Å². The maximum atomic E-state index is 11.6. The summed E-state index contributed by atoms with van der Waals surface area (Å²) in [6, 6.07) is -0.170. The summed E-state index contributed by atoms with van der Waals surface area (Å²) in [5, 5.41) is 0. The molecule has 0 saturated carbocycles. The Balaban J connectivity index is 4.37. The van der Waals surface area contributed by atoms with Gasteiger partial charge in [0.2, 0.25) is 5.91 Å². The Bertz CT molecular complexity index is 218. The standard InChI is InChI=1S/C9H19N3OS/c1-5-12(6-8(10)14)7(2)9(13)11(3)4/h7H,5-6H2,1-4H3,(H2,10,14). The predicted molar refractivity (Wildman–Crippen MR) is 62.2 cm³/mol. The highest BCUT2D eigenvalue weighted by molar-refractivity contribution is 7.80. The third-order valence-electron chi connectivity index (χ3n) is 2.11. The first-order valence-electron chi connectivity index (χ1n) is 4.63. The summed E-state index contributed by atoms with van der Waals surface area (Å²) in [4.78, 5) is 15.6. The molecular weight excluding hydrogens is 198 g/mol. The summed E-state index contributed by atoms with van der Waals surface area (Å²) < 4.78 is 0. The van der Waals surface area contributed by atoms with Crippen LogP contribution in [0.15, 0.2) is 0 Å². The largest absolute Gasteiger partial charge is 0.392 e. The zero-order chi connectivity index (χ0) is 11.3. The summed E-state index contributed by atoms with van der Waals surface area (Å²) in [6.45, 7) is 5.10. The molecule has 4 nitrogen and oxygen atoms in total. The van der Waals surface area contributed by atoms with Crippen LogP contribution in [0.3, 0.4) is 0 Å². The van der Waals surface area contributed by atoms with Gasteiger partial charge >= 0.3 is 0 Å². The first-order chi connectivity index (χ1) is 6.40. The van der Waals surface area contributed by atoms with E-state index in [0.717, 1.165) is 6.54 Å². The highest BCUT2D eigenvalue weighted by atomic mass is 32.1. The van der Waals surface area contributed by atoms with Gasteiger partial charge in [0.15, 0.2) is 0 Å². The molecule has 0 aromatic carbocycles. The van der Waals surface area contributed by atoms with E-state index in [2.05, 4.69) is 0 Å². The lowest BCUT2D eigenvalue weighted by Gasteiger charge is -2.28. The molecule has 0 bridgehead atoms. The van der Waals surface area contributed by atoms with Crippen LogP contribution in [0.5, 0.6) is 0 Å². The van der Waals surface area contributed by atoms with E-state index < -0.39 is 0 Å². The molecule has 0 fully saturated rings. The van der Waals surface area contributed by atoms with Gasteiger partial charge < -0.3 is 10.6 Å². The van der Waals surface area contributed by atoms with Gasteiger partial charge in [-0.2, -0.15) is 0 Å². The minimum Gasteiger partial charge on any atom is -0.392 e. The number of nitrogens with two attached hydrogens (primary N) is 1. The quantitative estimate of drug-likeness (QED) is 0.662. The lowest BCUT2D eigenvalue weighted by molar-refractivity contribution is -0.133. The average molecular weight is 217 g/mol. The minimum atomic E-state index is -0.170. The molecule has 0 aliphatic heterocycles. The second-order valence-corrected chi connectivity index (χ2v) is 3.96. The van der Waals surface area contributed by atoms with E-state index in [1.165, 1.54) is 0 Å². The normalized spacial score (nSPS) is 12.6. The number of rotatable bonds is 5. The molecule has 2 N–H and O–H groups in total. The molecule has 0 aliphatic carbocycles. The van der Waals surface area contributed by atoms with Crippen LogP contribution in [-0.2, 0) is 4.79 Å². The molecule has 0 heterocycles. The summed E-state index contributed by atoms with van der Waals surface area (Å²) in [5.74, 6) is 0.0723. The number of hydrogen-bond donors (Lipinski definition) is 1. The summed E-state index contributed by atoms with van der Waals surface area (Å²) >= 11 is 4.82. The van der Waals surface area contributed by atoms with Gasteiger partial charge in [-0.05, 0) is 13.5 Å². The lowest BCUT2D eigenvalue weighted by atomic mass is 10.2. The van der Waals surface area contributed by atoms with Crippen LogP contribution in [-0.4, -0.2) is 53.9 Å². The van der Waals surface area contributed by atoms with Crippen LogP contribution in [0.25, 0.3) is 0 Å². The van der Waals surface area contributed by atoms with Crippen LogP contribution in [0.2, 0.25) is 0 Å². The maximum absolute atomic E-state index is 11.6. The van der Waals surface area contributed by atoms with Crippen molar-refractivity contribution in [2.24, 2.45) is 5.73 Å². The van der Waals surface area contributed by atoms with E-state index in [0.29, 0.717) is 11.5 Å². The van der Waals surface area contributed by atoms with Gasteiger partial charge in [0.25, 0.3) is 0 Å². The van der Waals surface area contributed by atoms with Crippen molar-refractivity contribution in [3.63, 3.8) is 0 Å². The van der Waals surface area contributed by atoms with E-state index >= 15 is 0 Å². The SMILES string of the molecule is CCN(CC(N)=S)C(C)C(=O)N(C)C. The Morgan fingerprint density at radius 3 is 2.29 bits per heavy atom. The Morgan fingerprint density at radius 1 is 1.50 bits per heavy atom. The van der Waals surface area contributed by atoms with Gasteiger partial charge in [-0.1, -0.05) is 19.1 Å². The average Bonchev–Trinajstić information content (AvgIpc) is 2.11. The molecule has 0 radical (unpaired) electrons. The van der Waals surface area contributed by atoms with Gasteiger partial charge in [-0.3, -0.25) is 9.69 Å².